The molecule has 0 aromatic heterocycles. The first kappa shape index (κ1) is 13.7. The van der Waals surface area contributed by atoms with Crippen molar-refractivity contribution in [3.05, 3.63) is 39.9 Å². The summed E-state index contributed by atoms with van der Waals surface area (Å²) >= 11 is 11.7. The van der Waals surface area contributed by atoms with Crippen LogP contribution in [0.2, 0.25) is 0 Å². The molecule has 7 heteroatoms. The third kappa shape index (κ3) is 3.08. The Morgan fingerprint density at radius 3 is 2.35 bits per heavy atom. The number of carbonyl (C=O) groups excluding carboxylic acids is 1. The zero-order valence-electron chi connectivity index (χ0n) is 8.85. The number of rotatable bonds is 4. The Kier molecular flexibility index (Phi) is 4.31. The number of esters is 1. The van der Waals surface area contributed by atoms with E-state index in [0.29, 0.717) is 0 Å². The molecule has 1 aromatic carbocycles. The highest BCUT2D eigenvalue weighted by Gasteiger charge is 2.37. The molecule has 1 rings (SSSR count). The SMILES string of the molecule is CCOC(=O)C(Cl)(Cl)c1ccc([N+](=O)[O-])cc1. The summed E-state index contributed by atoms with van der Waals surface area (Å²) in [6, 6.07) is 5.06. The third-order valence-corrected chi connectivity index (χ3v) is 2.72. The van der Waals surface area contributed by atoms with Crippen molar-refractivity contribution in [1.82, 2.24) is 0 Å². The van der Waals surface area contributed by atoms with Crippen LogP contribution < -0.4 is 0 Å². The summed E-state index contributed by atoms with van der Waals surface area (Å²) < 4.78 is 2.85. The Labute approximate surface area is 107 Å². The number of hydrogen-bond donors (Lipinski definition) is 0. The van der Waals surface area contributed by atoms with Crippen molar-refractivity contribution in [1.29, 1.82) is 0 Å². The summed E-state index contributed by atoms with van der Waals surface area (Å²) in [4.78, 5) is 21.4. The van der Waals surface area contributed by atoms with Crippen molar-refractivity contribution in [2.75, 3.05) is 6.61 Å². The highest BCUT2D eigenvalue weighted by molar-refractivity contribution is 6.56. The Bertz CT molecular complexity index is 430. The molecule has 0 bridgehead atoms. The highest BCUT2D eigenvalue weighted by atomic mass is 35.5. The zero-order chi connectivity index (χ0) is 13.1. The van der Waals surface area contributed by atoms with Gasteiger partial charge < -0.3 is 4.74 Å². The molecule has 0 radical (unpaired) electrons. The minimum atomic E-state index is -1.86. The molecule has 0 unspecified atom stereocenters. The van der Waals surface area contributed by atoms with E-state index >= 15 is 0 Å². The van der Waals surface area contributed by atoms with Gasteiger partial charge in [0.05, 0.1) is 11.5 Å². The standard InChI is InChI=1S/C10H9Cl2NO4/c1-2-17-9(14)10(11,12)7-3-5-8(6-4-7)13(15)16/h3-6H,2H2,1H3. The lowest BCUT2D eigenvalue weighted by atomic mass is 10.1. The Balaban J connectivity index is 2.99. The summed E-state index contributed by atoms with van der Waals surface area (Å²) in [6.07, 6.45) is 0. The Morgan fingerprint density at radius 2 is 1.94 bits per heavy atom. The van der Waals surface area contributed by atoms with E-state index in [1.807, 2.05) is 0 Å². The second-order valence-electron chi connectivity index (χ2n) is 3.10. The summed E-state index contributed by atoms with van der Waals surface area (Å²) in [7, 11) is 0. The van der Waals surface area contributed by atoms with Gasteiger partial charge in [0.25, 0.3) is 5.69 Å². The molecular formula is C10H9Cl2NO4. The summed E-state index contributed by atoms with van der Waals surface area (Å²) in [6.45, 7) is 1.77. The number of carbonyl (C=O) groups is 1. The number of nitrogens with zero attached hydrogens (tertiary/aromatic N) is 1. The highest BCUT2D eigenvalue weighted by Crippen LogP contribution is 2.35. The van der Waals surface area contributed by atoms with E-state index in [2.05, 4.69) is 0 Å². The van der Waals surface area contributed by atoms with Crippen molar-refractivity contribution in [3.8, 4) is 0 Å². The molecule has 0 heterocycles. The number of nitro benzene ring substituents is 1. The lowest BCUT2D eigenvalue weighted by Gasteiger charge is -2.17. The first-order valence-corrected chi connectivity index (χ1v) is 5.45. The van der Waals surface area contributed by atoms with Crippen LogP contribution in [0.4, 0.5) is 5.69 Å². The summed E-state index contributed by atoms with van der Waals surface area (Å²) in [5, 5.41) is 10.4. The van der Waals surface area contributed by atoms with Crippen LogP contribution in [-0.2, 0) is 13.9 Å². The maximum absolute atomic E-state index is 11.5. The molecule has 0 N–H and O–H groups in total. The van der Waals surface area contributed by atoms with Crippen molar-refractivity contribution >= 4 is 34.9 Å². The van der Waals surface area contributed by atoms with Crippen molar-refractivity contribution < 1.29 is 14.5 Å². The van der Waals surface area contributed by atoms with E-state index in [0.717, 1.165) is 0 Å². The topological polar surface area (TPSA) is 69.4 Å². The van der Waals surface area contributed by atoms with Gasteiger partial charge in [0.1, 0.15) is 0 Å². The Morgan fingerprint density at radius 1 is 1.41 bits per heavy atom. The Hall–Kier alpha value is -1.33. The average molecular weight is 278 g/mol. The number of alkyl halides is 2. The minimum Gasteiger partial charge on any atom is -0.464 e. The van der Waals surface area contributed by atoms with Gasteiger partial charge in [0.15, 0.2) is 0 Å². The van der Waals surface area contributed by atoms with Crippen molar-refractivity contribution in [2.45, 2.75) is 11.3 Å². The second kappa shape index (κ2) is 5.33. The van der Waals surface area contributed by atoms with Gasteiger partial charge in [0, 0.05) is 12.1 Å². The van der Waals surface area contributed by atoms with E-state index in [4.69, 9.17) is 27.9 Å². The quantitative estimate of drug-likeness (QED) is 0.367. The lowest BCUT2D eigenvalue weighted by Crippen LogP contribution is -2.25. The van der Waals surface area contributed by atoms with Gasteiger partial charge in [-0.2, -0.15) is 0 Å². The molecule has 5 nitrogen and oxygen atoms in total. The number of halogens is 2. The lowest BCUT2D eigenvalue weighted by molar-refractivity contribution is -0.384. The molecular weight excluding hydrogens is 269 g/mol. The van der Waals surface area contributed by atoms with Crippen LogP contribution in [0.25, 0.3) is 0 Å². The number of ether oxygens (including phenoxy) is 1. The van der Waals surface area contributed by atoms with E-state index in [1.54, 1.807) is 6.92 Å². The summed E-state index contributed by atoms with van der Waals surface area (Å²) in [5.74, 6) is -0.808. The first-order valence-electron chi connectivity index (χ1n) is 4.69. The third-order valence-electron chi connectivity index (χ3n) is 1.97. The molecule has 0 saturated heterocycles. The number of hydrogen-bond acceptors (Lipinski definition) is 4. The van der Waals surface area contributed by atoms with E-state index in [-0.39, 0.29) is 17.9 Å². The van der Waals surface area contributed by atoms with Crippen LogP contribution in [0, 0.1) is 10.1 Å². The number of non-ortho nitro benzene ring substituents is 1. The van der Waals surface area contributed by atoms with Gasteiger partial charge in [-0.3, -0.25) is 10.1 Å². The van der Waals surface area contributed by atoms with Gasteiger partial charge in [-0.1, -0.05) is 23.2 Å². The summed E-state index contributed by atoms with van der Waals surface area (Å²) in [5.41, 5.74) is 0.117. The van der Waals surface area contributed by atoms with Crippen molar-refractivity contribution in [3.63, 3.8) is 0 Å². The monoisotopic (exact) mass is 277 g/mol. The predicted octanol–water partition coefficient (Wildman–Crippen LogP) is 2.79. The van der Waals surface area contributed by atoms with Gasteiger partial charge in [-0.15, -0.1) is 0 Å². The second-order valence-corrected chi connectivity index (χ2v) is 4.43. The fourth-order valence-electron chi connectivity index (χ4n) is 1.13. The van der Waals surface area contributed by atoms with Crippen LogP contribution in [0.5, 0.6) is 0 Å². The fourth-order valence-corrected chi connectivity index (χ4v) is 1.49. The van der Waals surface area contributed by atoms with E-state index < -0.39 is 15.2 Å². The zero-order valence-corrected chi connectivity index (χ0v) is 10.4. The normalized spacial score (nSPS) is 11.0. The molecule has 92 valence electrons. The van der Waals surface area contributed by atoms with Crippen LogP contribution in [0.15, 0.2) is 24.3 Å². The van der Waals surface area contributed by atoms with Gasteiger partial charge in [-0.05, 0) is 24.6 Å². The molecule has 0 spiro atoms. The maximum Gasteiger partial charge on any atom is 0.347 e. The van der Waals surface area contributed by atoms with Crippen LogP contribution in [0.3, 0.4) is 0 Å². The first-order chi connectivity index (χ1) is 7.89. The van der Waals surface area contributed by atoms with Gasteiger partial charge in [0.2, 0.25) is 4.33 Å². The molecule has 0 amide bonds. The smallest absolute Gasteiger partial charge is 0.347 e. The average Bonchev–Trinajstić information content (AvgIpc) is 2.29. The van der Waals surface area contributed by atoms with Crippen LogP contribution in [-0.4, -0.2) is 17.5 Å². The van der Waals surface area contributed by atoms with Gasteiger partial charge in [-0.25, -0.2) is 4.79 Å². The number of benzene rings is 1. The molecule has 0 saturated carbocycles. The molecule has 0 aliphatic heterocycles. The molecule has 0 aliphatic carbocycles. The maximum atomic E-state index is 11.5. The molecule has 17 heavy (non-hydrogen) atoms. The van der Waals surface area contributed by atoms with Crippen molar-refractivity contribution in [2.24, 2.45) is 0 Å². The molecule has 0 aliphatic rings. The molecule has 0 fully saturated rings. The largest absolute Gasteiger partial charge is 0.464 e. The van der Waals surface area contributed by atoms with Crippen LogP contribution in [0.1, 0.15) is 12.5 Å². The van der Waals surface area contributed by atoms with E-state index in [1.165, 1.54) is 24.3 Å². The number of nitro groups is 1. The predicted molar refractivity (Wildman–Crippen MR) is 63.1 cm³/mol. The minimum absolute atomic E-state index is 0.109. The fraction of sp³-hybridized carbons (Fsp3) is 0.300. The molecule has 0 atom stereocenters. The van der Waals surface area contributed by atoms with Crippen LogP contribution >= 0.6 is 23.2 Å². The molecule has 1 aromatic rings. The van der Waals surface area contributed by atoms with Gasteiger partial charge >= 0.3 is 5.97 Å². The van der Waals surface area contributed by atoms with E-state index in [9.17, 15) is 14.9 Å².